The Kier molecular flexibility index (Phi) is 5.44. The number of ether oxygens (including phenoxy) is 2. The number of carbonyl (C=O) groups excluding carboxylic acids is 2. The quantitative estimate of drug-likeness (QED) is 0.465. The summed E-state index contributed by atoms with van der Waals surface area (Å²) < 4.78 is 12.1. The van der Waals surface area contributed by atoms with Gasteiger partial charge in [0.15, 0.2) is 12.4 Å². The van der Waals surface area contributed by atoms with Gasteiger partial charge >= 0.3 is 5.97 Å². The Bertz CT molecular complexity index is 979. The van der Waals surface area contributed by atoms with Crippen LogP contribution in [0.5, 0.6) is 5.75 Å². The van der Waals surface area contributed by atoms with Crippen LogP contribution in [0.4, 0.5) is 0 Å². The Morgan fingerprint density at radius 3 is 2.59 bits per heavy atom. The molecule has 2 heterocycles. The molecule has 0 unspecified atom stereocenters. The third-order valence-corrected chi connectivity index (χ3v) is 4.16. The maximum absolute atomic E-state index is 12.2. The lowest BCUT2D eigenvalue weighted by Crippen LogP contribution is -2.17. The summed E-state index contributed by atoms with van der Waals surface area (Å²) in [6, 6.07) is 6.73. The van der Waals surface area contributed by atoms with E-state index in [-0.39, 0.29) is 18.8 Å². The fourth-order valence-electron chi connectivity index (χ4n) is 2.74. The summed E-state index contributed by atoms with van der Waals surface area (Å²) in [5.74, 6) is 0.396. The third kappa shape index (κ3) is 4.11. The number of esters is 1. The van der Waals surface area contributed by atoms with Gasteiger partial charge in [-0.25, -0.2) is 9.50 Å². The molecule has 0 saturated carbocycles. The highest BCUT2D eigenvalue weighted by atomic mass is 16.5. The molecular formula is C19H20N4O4. The van der Waals surface area contributed by atoms with Gasteiger partial charge in [-0.3, -0.25) is 9.59 Å². The topological polar surface area (TPSA) is 95.7 Å². The Hall–Kier alpha value is -3.29. The third-order valence-electron chi connectivity index (χ3n) is 4.16. The van der Waals surface area contributed by atoms with Crippen molar-refractivity contribution in [2.24, 2.45) is 0 Å². The molecule has 0 saturated heterocycles. The lowest BCUT2D eigenvalue weighted by molar-refractivity contribution is -0.141. The Balaban J connectivity index is 1.62. The molecule has 0 aliphatic heterocycles. The van der Waals surface area contributed by atoms with Crippen LogP contribution in [0.3, 0.4) is 0 Å². The van der Waals surface area contributed by atoms with Gasteiger partial charge in [-0.1, -0.05) is 0 Å². The molecule has 8 heteroatoms. The molecule has 140 valence electrons. The second kappa shape index (κ2) is 7.94. The first-order valence-corrected chi connectivity index (χ1v) is 8.57. The number of hydrogen-bond donors (Lipinski definition) is 0. The van der Waals surface area contributed by atoms with Gasteiger partial charge in [-0.05, 0) is 45.0 Å². The molecule has 0 aliphatic carbocycles. The molecule has 0 radical (unpaired) electrons. The van der Waals surface area contributed by atoms with Crippen LogP contribution in [0.25, 0.3) is 5.78 Å². The van der Waals surface area contributed by atoms with E-state index < -0.39 is 5.97 Å². The molecule has 0 atom stereocenters. The van der Waals surface area contributed by atoms with Crippen molar-refractivity contribution in [1.29, 1.82) is 0 Å². The molecule has 8 nitrogen and oxygen atoms in total. The maximum atomic E-state index is 12.2. The second-order valence-corrected chi connectivity index (χ2v) is 5.95. The number of fused-ring (bicyclic) bond motifs is 1. The average molecular weight is 368 g/mol. The minimum absolute atomic E-state index is 0.0109. The molecule has 2 aromatic heterocycles. The Morgan fingerprint density at radius 2 is 1.89 bits per heavy atom. The van der Waals surface area contributed by atoms with Crippen molar-refractivity contribution >= 4 is 17.5 Å². The Morgan fingerprint density at radius 1 is 1.15 bits per heavy atom. The molecule has 0 fully saturated rings. The highest BCUT2D eigenvalue weighted by Gasteiger charge is 2.16. The van der Waals surface area contributed by atoms with E-state index in [1.165, 1.54) is 6.33 Å². The molecule has 3 rings (SSSR count). The number of hydrogen-bond acceptors (Lipinski definition) is 7. The first-order chi connectivity index (χ1) is 13.0. The summed E-state index contributed by atoms with van der Waals surface area (Å²) in [7, 11) is 0. The average Bonchev–Trinajstić information content (AvgIpc) is 3.12. The number of rotatable bonds is 7. The van der Waals surface area contributed by atoms with Crippen molar-refractivity contribution in [3.8, 4) is 5.75 Å². The van der Waals surface area contributed by atoms with Crippen LogP contribution in [0, 0.1) is 13.8 Å². The lowest BCUT2D eigenvalue weighted by Gasteiger charge is -2.10. The number of carbonyl (C=O) groups is 2. The van der Waals surface area contributed by atoms with Gasteiger partial charge in [0.05, 0.1) is 13.0 Å². The minimum atomic E-state index is -0.498. The smallest absolute Gasteiger partial charge is 0.310 e. The zero-order valence-electron chi connectivity index (χ0n) is 15.4. The summed E-state index contributed by atoms with van der Waals surface area (Å²) in [6.45, 7) is 5.76. The predicted molar refractivity (Wildman–Crippen MR) is 96.9 cm³/mol. The number of Topliss-reactive ketones (excluding diaryl/α,β-unsaturated/α-hetero) is 1. The van der Waals surface area contributed by atoms with Crippen molar-refractivity contribution in [2.75, 3.05) is 13.2 Å². The molecule has 0 amide bonds. The van der Waals surface area contributed by atoms with Crippen molar-refractivity contribution in [3.63, 3.8) is 0 Å². The van der Waals surface area contributed by atoms with Gasteiger partial charge in [0.1, 0.15) is 12.1 Å². The zero-order chi connectivity index (χ0) is 19.4. The van der Waals surface area contributed by atoms with Crippen LogP contribution in [0.2, 0.25) is 0 Å². The SMILES string of the molecule is CCOc1ccc(C(=O)COC(=O)Cc2c(C)nc3ncnn3c2C)cc1. The van der Waals surface area contributed by atoms with Gasteiger partial charge in [0.2, 0.25) is 0 Å². The number of aromatic nitrogens is 4. The van der Waals surface area contributed by atoms with Crippen LogP contribution < -0.4 is 4.74 Å². The summed E-state index contributed by atoms with van der Waals surface area (Å²) in [6.07, 6.45) is 1.42. The number of aryl methyl sites for hydroxylation is 2. The van der Waals surface area contributed by atoms with Gasteiger partial charge in [-0.2, -0.15) is 10.1 Å². The predicted octanol–water partition coefficient (Wildman–Crippen LogP) is 2.11. The van der Waals surface area contributed by atoms with Gasteiger partial charge < -0.3 is 9.47 Å². The molecule has 0 aliphatic rings. The van der Waals surface area contributed by atoms with Crippen molar-refractivity contribution in [1.82, 2.24) is 19.6 Å². The van der Waals surface area contributed by atoms with Crippen LogP contribution in [-0.4, -0.2) is 44.5 Å². The number of ketones is 1. The lowest BCUT2D eigenvalue weighted by atomic mass is 10.1. The molecule has 0 N–H and O–H groups in total. The van der Waals surface area contributed by atoms with Crippen LogP contribution >= 0.6 is 0 Å². The number of benzene rings is 1. The van der Waals surface area contributed by atoms with Crippen LogP contribution in [0.1, 0.15) is 34.2 Å². The molecular weight excluding hydrogens is 348 g/mol. The van der Waals surface area contributed by atoms with Gasteiger partial charge in [-0.15, -0.1) is 0 Å². The monoisotopic (exact) mass is 368 g/mol. The van der Waals surface area contributed by atoms with Gasteiger partial charge in [0.25, 0.3) is 5.78 Å². The molecule has 1 aromatic carbocycles. The summed E-state index contributed by atoms with van der Waals surface area (Å²) in [5.41, 5.74) is 2.63. The van der Waals surface area contributed by atoms with E-state index in [1.54, 1.807) is 35.7 Å². The first kappa shape index (κ1) is 18.5. The van der Waals surface area contributed by atoms with Crippen molar-refractivity contribution in [2.45, 2.75) is 27.2 Å². The molecule has 0 bridgehead atoms. The fourth-order valence-corrected chi connectivity index (χ4v) is 2.74. The molecule has 27 heavy (non-hydrogen) atoms. The maximum Gasteiger partial charge on any atom is 0.310 e. The fraction of sp³-hybridized carbons (Fsp3) is 0.316. The highest BCUT2D eigenvalue weighted by molar-refractivity contribution is 5.98. The standard InChI is InChI=1S/C19H20N4O4/c1-4-26-15-7-5-14(6-8-15)17(24)10-27-18(25)9-16-12(2)22-19-20-11-21-23(19)13(16)3/h5-8,11H,4,9-10H2,1-3H3. The zero-order valence-corrected chi connectivity index (χ0v) is 15.4. The van der Waals surface area contributed by atoms with E-state index in [4.69, 9.17) is 9.47 Å². The molecule has 3 aromatic rings. The van der Waals surface area contributed by atoms with Crippen molar-refractivity contribution < 1.29 is 19.1 Å². The Labute approximate surface area is 156 Å². The van der Waals surface area contributed by atoms with E-state index >= 15 is 0 Å². The molecule has 0 spiro atoms. The highest BCUT2D eigenvalue weighted by Crippen LogP contribution is 2.15. The largest absolute Gasteiger partial charge is 0.494 e. The minimum Gasteiger partial charge on any atom is -0.494 e. The van der Waals surface area contributed by atoms with Gasteiger partial charge in [0, 0.05) is 22.5 Å². The van der Waals surface area contributed by atoms with E-state index in [9.17, 15) is 9.59 Å². The second-order valence-electron chi connectivity index (χ2n) is 5.95. The summed E-state index contributed by atoms with van der Waals surface area (Å²) in [4.78, 5) is 32.8. The van der Waals surface area contributed by atoms with Crippen molar-refractivity contribution in [3.05, 3.63) is 53.1 Å². The summed E-state index contributed by atoms with van der Waals surface area (Å²) in [5, 5.41) is 4.09. The van der Waals surface area contributed by atoms with Crippen LogP contribution in [-0.2, 0) is 16.0 Å². The van der Waals surface area contributed by atoms with E-state index in [0.717, 1.165) is 5.69 Å². The normalized spacial score (nSPS) is 10.8. The van der Waals surface area contributed by atoms with E-state index in [2.05, 4.69) is 15.1 Å². The van der Waals surface area contributed by atoms with Crippen LogP contribution in [0.15, 0.2) is 30.6 Å². The van der Waals surface area contributed by atoms with E-state index in [0.29, 0.717) is 35.0 Å². The summed E-state index contributed by atoms with van der Waals surface area (Å²) >= 11 is 0. The van der Waals surface area contributed by atoms with E-state index in [1.807, 2.05) is 13.8 Å². The first-order valence-electron chi connectivity index (χ1n) is 8.57. The number of nitrogens with zero attached hydrogens (tertiary/aromatic N) is 4.